The Morgan fingerprint density at radius 3 is 0.921 bits per heavy atom. The van der Waals surface area contributed by atoms with Crippen molar-refractivity contribution in [3.8, 4) is 0 Å². The van der Waals surface area contributed by atoms with E-state index in [1.165, 1.54) is 283 Å². The molecule has 0 spiro atoms. The highest BCUT2D eigenvalue weighted by Gasteiger charge is 2.26. The molecule has 0 aliphatic rings. The molecule has 0 radical (unpaired) electrons. The third kappa shape index (κ3) is 74.4. The SMILES string of the molecule is CC/C=C\C/C=C\C/C=C\C/C=C\CCCCCCCCCCCCCCCCCCC(=O)OC(COC(=O)CCCCCCCCCCCCCCCCCCCCCCCCCCCCC/C=C\C/C=C\CCCCCCC)COP(=O)(O)OCCN. The summed E-state index contributed by atoms with van der Waals surface area (Å²) in [5.41, 5.74) is 5.41. The van der Waals surface area contributed by atoms with Crippen molar-refractivity contribution in [2.24, 2.45) is 5.73 Å². The van der Waals surface area contributed by atoms with Crippen molar-refractivity contribution in [3.63, 3.8) is 0 Å². The third-order valence-electron chi connectivity index (χ3n) is 17.1. The number of hydrogen-bond donors (Lipinski definition) is 2. The fourth-order valence-electron chi connectivity index (χ4n) is 11.4. The normalized spacial score (nSPS) is 13.3. The highest BCUT2D eigenvalue weighted by atomic mass is 31.2. The zero-order valence-corrected chi connectivity index (χ0v) is 59.6. The fraction of sp³-hybridized carbons (Fsp3) is 0.823. The van der Waals surface area contributed by atoms with Crippen molar-refractivity contribution in [2.75, 3.05) is 26.4 Å². The minimum atomic E-state index is -4.40. The highest BCUT2D eigenvalue weighted by molar-refractivity contribution is 7.47. The predicted molar refractivity (Wildman–Crippen MR) is 386 cm³/mol. The summed E-state index contributed by atoms with van der Waals surface area (Å²) >= 11 is 0. The van der Waals surface area contributed by atoms with Gasteiger partial charge in [-0.05, 0) is 83.5 Å². The van der Waals surface area contributed by atoms with Gasteiger partial charge in [0.05, 0.1) is 13.2 Å². The van der Waals surface area contributed by atoms with E-state index in [2.05, 4.69) is 86.8 Å². The van der Waals surface area contributed by atoms with Gasteiger partial charge in [0.15, 0.2) is 6.10 Å². The number of allylic oxidation sites excluding steroid dienone is 12. The molecule has 0 heterocycles. The zero-order valence-electron chi connectivity index (χ0n) is 58.7. The first-order valence-electron chi connectivity index (χ1n) is 38.4. The van der Waals surface area contributed by atoms with E-state index in [0.29, 0.717) is 6.42 Å². The zero-order chi connectivity index (χ0) is 64.4. The van der Waals surface area contributed by atoms with Crippen molar-refractivity contribution in [2.45, 2.75) is 392 Å². The molecule has 0 amide bonds. The molecule has 9 nitrogen and oxygen atoms in total. The third-order valence-corrected chi connectivity index (χ3v) is 18.1. The van der Waals surface area contributed by atoms with Gasteiger partial charge in [-0.15, -0.1) is 0 Å². The van der Waals surface area contributed by atoms with Crippen LogP contribution in [0.3, 0.4) is 0 Å². The number of carbonyl (C=O) groups excluding carboxylic acids is 2. The van der Waals surface area contributed by atoms with Crippen LogP contribution in [-0.2, 0) is 32.7 Å². The summed E-state index contributed by atoms with van der Waals surface area (Å²) in [5, 5.41) is 0. The van der Waals surface area contributed by atoms with Gasteiger partial charge in [0, 0.05) is 19.4 Å². The molecule has 89 heavy (non-hydrogen) atoms. The van der Waals surface area contributed by atoms with Crippen molar-refractivity contribution in [1.29, 1.82) is 0 Å². The summed E-state index contributed by atoms with van der Waals surface area (Å²) in [6.07, 6.45) is 98.9. The van der Waals surface area contributed by atoms with Gasteiger partial charge in [0.25, 0.3) is 0 Å². The van der Waals surface area contributed by atoms with Gasteiger partial charge in [0.2, 0.25) is 0 Å². The molecule has 2 unspecified atom stereocenters. The van der Waals surface area contributed by atoms with Crippen LogP contribution < -0.4 is 5.73 Å². The summed E-state index contributed by atoms with van der Waals surface area (Å²) in [7, 11) is -4.40. The molecule has 0 aromatic rings. The van der Waals surface area contributed by atoms with E-state index in [4.69, 9.17) is 24.3 Å². The van der Waals surface area contributed by atoms with Crippen LogP contribution in [-0.4, -0.2) is 49.3 Å². The van der Waals surface area contributed by atoms with E-state index >= 15 is 0 Å². The second kappa shape index (κ2) is 74.5. The first-order chi connectivity index (χ1) is 43.8. The van der Waals surface area contributed by atoms with Gasteiger partial charge < -0.3 is 20.1 Å². The largest absolute Gasteiger partial charge is 0.472 e. The number of hydrogen-bond acceptors (Lipinski definition) is 8. The molecular formula is C79H146NO8P. The molecular weight excluding hydrogens is 1120 g/mol. The summed E-state index contributed by atoms with van der Waals surface area (Å²) < 4.78 is 33.2. The maximum Gasteiger partial charge on any atom is 0.472 e. The van der Waals surface area contributed by atoms with Gasteiger partial charge in [-0.3, -0.25) is 18.6 Å². The average Bonchev–Trinajstić information content (AvgIpc) is 3.68. The van der Waals surface area contributed by atoms with Crippen LogP contribution in [0.5, 0.6) is 0 Å². The molecule has 0 bridgehead atoms. The van der Waals surface area contributed by atoms with E-state index in [1.54, 1.807) is 0 Å². The van der Waals surface area contributed by atoms with Gasteiger partial charge in [-0.1, -0.05) is 363 Å². The average molecular weight is 1270 g/mol. The van der Waals surface area contributed by atoms with Gasteiger partial charge in [-0.25, -0.2) is 4.57 Å². The van der Waals surface area contributed by atoms with Gasteiger partial charge in [0.1, 0.15) is 6.61 Å². The molecule has 520 valence electrons. The highest BCUT2D eigenvalue weighted by Crippen LogP contribution is 2.43. The Hall–Kier alpha value is -2.55. The Bertz CT molecular complexity index is 1690. The monoisotopic (exact) mass is 1270 g/mol. The van der Waals surface area contributed by atoms with Crippen molar-refractivity contribution < 1.29 is 37.6 Å². The number of rotatable bonds is 73. The Morgan fingerprint density at radius 2 is 0.618 bits per heavy atom. The van der Waals surface area contributed by atoms with E-state index in [-0.39, 0.29) is 38.6 Å². The van der Waals surface area contributed by atoms with Crippen LogP contribution in [0, 0.1) is 0 Å². The van der Waals surface area contributed by atoms with Crippen molar-refractivity contribution >= 4 is 19.8 Å². The van der Waals surface area contributed by atoms with Crippen molar-refractivity contribution in [3.05, 3.63) is 72.9 Å². The Labute approximate surface area is 552 Å². The van der Waals surface area contributed by atoms with Gasteiger partial charge in [-0.2, -0.15) is 0 Å². The summed E-state index contributed by atoms with van der Waals surface area (Å²) in [6, 6.07) is 0. The summed E-state index contributed by atoms with van der Waals surface area (Å²) in [6.45, 7) is 3.68. The van der Waals surface area contributed by atoms with Crippen LogP contribution >= 0.6 is 7.82 Å². The molecule has 3 N–H and O–H groups in total. The number of phosphoric ester groups is 1. The molecule has 0 saturated heterocycles. The van der Waals surface area contributed by atoms with E-state index in [0.717, 1.165) is 70.6 Å². The lowest BCUT2D eigenvalue weighted by atomic mass is 10.0. The number of phosphoric acid groups is 1. The lowest BCUT2D eigenvalue weighted by molar-refractivity contribution is -0.161. The lowest BCUT2D eigenvalue weighted by Gasteiger charge is -2.19. The van der Waals surface area contributed by atoms with Crippen LogP contribution in [0.15, 0.2) is 72.9 Å². The number of ether oxygens (including phenoxy) is 2. The quantitative estimate of drug-likeness (QED) is 0.0264. The second-order valence-electron chi connectivity index (χ2n) is 25.8. The fourth-order valence-corrected chi connectivity index (χ4v) is 12.2. The maximum atomic E-state index is 12.8. The molecule has 0 aliphatic carbocycles. The van der Waals surface area contributed by atoms with Crippen LogP contribution in [0.25, 0.3) is 0 Å². The lowest BCUT2D eigenvalue weighted by Crippen LogP contribution is -2.29. The molecule has 0 aromatic heterocycles. The van der Waals surface area contributed by atoms with E-state index in [1.807, 2.05) is 0 Å². The minimum Gasteiger partial charge on any atom is -0.462 e. The molecule has 2 atom stereocenters. The first-order valence-corrected chi connectivity index (χ1v) is 39.9. The molecule has 0 fully saturated rings. The number of carbonyl (C=O) groups is 2. The minimum absolute atomic E-state index is 0.0540. The topological polar surface area (TPSA) is 134 Å². The predicted octanol–water partition coefficient (Wildman–Crippen LogP) is 25.5. The Morgan fingerprint density at radius 1 is 0.348 bits per heavy atom. The Kier molecular flexibility index (Phi) is 72.4. The first kappa shape index (κ1) is 86.5. The smallest absolute Gasteiger partial charge is 0.462 e. The number of unbranched alkanes of at least 4 members (excludes halogenated alkanes) is 48. The maximum absolute atomic E-state index is 12.8. The van der Waals surface area contributed by atoms with E-state index < -0.39 is 26.5 Å². The molecule has 10 heteroatoms. The molecule has 0 aliphatic heterocycles. The van der Waals surface area contributed by atoms with Crippen LogP contribution in [0.2, 0.25) is 0 Å². The standard InChI is InChI=1S/C79H146NO8P/c1-3-5-7-9-11-13-15-17-19-21-23-25-27-29-31-33-34-35-36-37-38-39-40-41-42-44-45-47-49-51-53-55-57-59-61-63-65-67-69-71-78(81)85-75-77(76-87-89(83,84)86-74-73-80)88-79(82)72-70-68-66-64-62-60-58-56-54-52-50-48-46-43-32-30-28-26-24-22-20-18-16-14-12-10-8-6-4-2/h6,8,12,14-15,17-18,20-21,23-24,26,77H,3-5,7,9-11,13,16,19,22,25,27-76,80H2,1-2H3,(H,83,84)/b8-6-,14-12-,17-15-,20-18-,23-21-,26-24-. The van der Waals surface area contributed by atoms with Crippen LogP contribution in [0.4, 0.5) is 0 Å². The van der Waals surface area contributed by atoms with Crippen LogP contribution in [0.1, 0.15) is 386 Å². The molecule has 0 rings (SSSR count). The Balaban J connectivity index is 3.76. The van der Waals surface area contributed by atoms with Crippen molar-refractivity contribution in [1.82, 2.24) is 0 Å². The van der Waals surface area contributed by atoms with Gasteiger partial charge >= 0.3 is 19.8 Å². The second-order valence-corrected chi connectivity index (χ2v) is 27.3. The number of esters is 2. The molecule has 0 aromatic carbocycles. The molecule has 0 saturated carbocycles. The summed E-state index contributed by atoms with van der Waals surface area (Å²) in [5.74, 6) is -0.809. The van der Waals surface area contributed by atoms with E-state index in [9.17, 15) is 19.0 Å². The number of nitrogens with two attached hydrogens (primary N) is 1. The summed E-state index contributed by atoms with van der Waals surface area (Å²) in [4.78, 5) is 35.4.